The highest BCUT2D eigenvalue weighted by atomic mass is 16.5. The Morgan fingerprint density at radius 3 is 2.53 bits per heavy atom. The zero-order valence-corrected chi connectivity index (χ0v) is 10.7. The molecule has 0 atom stereocenters. The molecule has 0 saturated heterocycles. The van der Waals surface area contributed by atoms with Gasteiger partial charge >= 0.3 is 0 Å². The molecule has 0 bridgehead atoms. The Morgan fingerprint density at radius 2 is 1.88 bits per heavy atom. The third-order valence-corrected chi connectivity index (χ3v) is 3.31. The molecule has 1 aromatic carbocycles. The number of rotatable bonds is 8. The van der Waals surface area contributed by atoms with Crippen LogP contribution in [0.15, 0.2) is 24.3 Å². The van der Waals surface area contributed by atoms with Gasteiger partial charge in [0.1, 0.15) is 5.75 Å². The first-order valence-electron chi connectivity index (χ1n) is 6.75. The summed E-state index contributed by atoms with van der Waals surface area (Å²) in [6.07, 6.45) is 7.90. The van der Waals surface area contributed by atoms with Gasteiger partial charge in [-0.25, -0.2) is 0 Å². The molecule has 0 radical (unpaired) electrons. The van der Waals surface area contributed by atoms with Gasteiger partial charge in [0.05, 0.1) is 7.11 Å². The molecule has 0 aromatic heterocycles. The number of hydrogen-bond acceptors (Lipinski definition) is 2. The first kappa shape index (κ1) is 12.4. The van der Waals surface area contributed by atoms with Crippen LogP contribution in [0.25, 0.3) is 0 Å². The van der Waals surface area contributed by atoms with Crippen molar-refractivity contribution in [1.82, 2.24) is 5.32 Å². The molecule has 1 aliphatic rings. The Bertz CT molecular complexity index is 316. The van der Waals surface area contributed by atoms with E-state index >= 15 is 0 Å². The van der Waals surface area contributed by atoms with Gasteiger partial charge in [-0.3, -0.25) is 0 Å². The maximum atomic E-state index is 5.15. The summed E-state index contributed by atoms with van der Waals surface area (Å²) < 4.78 is 5.15. The molecule has 1 aliphatic carbocycles. The van der Waals surface area contributed by atoms with Crippen molar-refractivity contribution in [3.8, 4) is 5.75 Å². The molecule has 2 heteroatoms. The zero-order valence-electron chi connectivity index (χ0n) is 10.7. The third-order valence-electron chi connectivity index (χ3n) is 3.31. The molecular formula is C15H23NO. The summed E-state index contributed by atoms with van der Waals surface area (Å²) in [5.74, 6) is 0.947. The molecule has 1 fully saturated rings. The second-order valence-electron chi connectivity index (χ2n) is 4.89. The van der Waals surface area contributed by atoms with E-state index in [1.165, 1.54) is 50.6 Å². The fourth-order valence-corrected chi connectivity index (χ4v) is 2.02. The lowest BCUT2D eigenvalue weighted by atomic mass is 10.1. The van der Waals surface area contributed by atoms with Crippen molar-refractivity contribution in [2.24, 2.45) is 0 Å². The normalized spacial score (nSPS) is 14.9. The van der Waals surface area contributed by atoms with Gasteiger partial charge in [0.15, 0.2) is 0 Å². The van der Waals surface area contributed by atoms with Crippen LogP contribution in [0.1, 0.15) is 37.7 Å². The zero-order chi connectivity index (χ0) is 11.9. The van der Waals surface area contributed by atoms with E-state index in [2.05, 4.69) is 17.4 Å². The van der Waals surface area contributed by atoms with Gasteiger partial charge < -0.3 is 10.1 Å². The highest BCUT2D eigenvalue weighted by Crippen LogP contribution is 2.18. The lowest BCUT2D eigenvalue weighted by Crippen LogP contribution is -2.17. The van der Waals surface area contributed by atoms with E-state index in [4.69, 9.17) is 4.74 Å². The fourth-order valence-electron chi connectivity index (χ4n) is 2.02. The molecule has 2 rings (SSSR count). The van der Waals surface area contributed by atoms with Gasteiger partial charge in [-0.15, -0.1) is 0 Å². The maximum Gasteiger partial charge on any atom is 0.118 e. The first-order chi connectivity index (χ1) is 8.38. The van der Waals surface area contributed by atoms with Crippen molar-refractivity contribution in [2.45, 2.75) is 44.6 Å². The van der Waals surface area contributed by atoms with E-state index in [0.717, 1.165) is 11.8 Å². The average Bonchev–Trinajstić information content (AvgIpc) is 3.18. The summed E-state index contributed by atoms with van der Waals surface area (Å²) in [4.78, 5) is 0. The van der Waals surface area contributed by atoms with E-state index in [1.807, 2.05) is 12.1 Å². The predicted molar refractivity (Wildman–Crippen MR) is 71.6 cm³/mol. The Morgan fingerprint density at radius 1 is 1.12 bits per heavy atom. The smallest absolute Gasteiger partial charge is 0.118 e. The van der Waals surface area contributed by atoms with E-state index in [-0.39, 0.29) is 0 Å². The number of ether oxygens (including phenoxy) is 1. The number of hydrogen-bond donors (Lipinski definition) is 1. The van der Waals surface area contributed by atoms with Crippen molar-refractivity contribution in [3.63, 3.8) is 0 Å². The second-order valence-corrected chi connectivity index (χ2v) is 4.89. The largest absolute Gasteiger partial charge is 0.497 e. The maximum absolute atomic E-state index is 5.15. The van der Waals surface area contributed by atoms with Gasteiger partial charge in [-0.1, -0.05) is 18.6 Å². The van der Waals surface area contributed by atoms with Crippen LogP contribution in [0.2, 0.25) is 0 Å². The van der Waals surface area contributed by atoms with Gasteiger partial charge in [0.25, 0.3) is 0 Å². The lowest BCUT2D eigenvalue weighted by molar-refractivity contribution is 0.414. The Balaban J connectivity index is 1.53. The van der Waals surface area contributed by atoms with E-state index in [9.17, 15) is 0 Å². The van der Waals surface area contributed by atoms with Crippen LogP contribution >= 0.6 is 0 Å². The molecule has 0 unspecified atom stereocenters. The van der Waals surface area contributed by atoms with Crippen LogP contribution in [0, 0.1) is 0 Å². The summed E-state index contributed by atoms with van der Waals surface area (Å²) in [5.41, 5.74) is 1.42. The van der Waals surface area contributed by atoms with Gasteiger partial charge in [-0.05, 0) is 56.3 Å². The van der Waals surface area contributed by atoms with Crippen LogP contribution in [0.3, 0.4) is 0 Å². The van der Waals surface area contributed by atoms with E-state index in [1.54, 1.807) is 7.11 Å². The summed E-state index contributed by atoms with van der Waals surface area (Å²) in [6, 6.07) is 9.29. The summed E-state index contributed by atoms with van der Waals surface area (Å²) in [5, 5.41) is 3.55. The molecule has 94 valence electrons. The van der Waals surface area contributed by atoms with E-state index in [0.29, 0.717) is 0 Å². The van der Waals surface area contributed by atoms with Crippen molar-refractivity contribution in [2.75, 3.05) is 13.7 Å². The molecule has 0 heterocycles. The minimum absolute atomic E-state index is 0.858. The third kappa shape index (κ3) is 4.78. The minimum Gasteiger partial charge on any atom is -0.497 e. The number of unbranched alkanes of at least 4 members (excludes halogenated alkanes) is 2. The van der Waals surface area contributed by atoms with Crippen LogP contribution < -0.4 is 10.1 Å². The van der Waals surface area contributed by atoms with Crippen molar-refractivity contribution in [1.29, 1.82) is 0 Å². The SMILES string of the molecule is COc1ccc(CCCCCNC2CC2)cc1. The molecule has 0 amide bonds. The average molecular weight is 233 g/mol. The highest BCUT2D eigenvalue weighted by molar-refractivity contribution is 5.27. The van der Waals surface area contributed by atoms with Crippen LogP contribution in [-0.2, 0) is 6.42 Å². The molecule has 2 nitrogen and oxygen atoms in total. The Labute approximate surface area is 104 Å². The van der Waals surface area contributed by atoms with Gasteiger partial charge in [-0.2, -0.15) is 0 Å². The molecule has 0 aliphatic heterocycles. The number of nitrogens with one attached hydrogen (secondary N) is 1. The molecule has 0 spiro atoms. The quantitative estimate of drug-likeness (QED) is 0.696. The number of benzene rings is 1. The van der Waals surface area contributed by atoms with Crippen LogP contribution in [0.5, 0.6) is 5.75 Å². The number of methoxy groups -OCH3 is 1. The molecule has 1 saturated carbocycles. The van der Waals surface area contributed by atoms with Crippen LogP contribution in [0.4, 0.5) is 0 Å². The van der Waals surface area contributed by atoms with E-state index < -0.39 is 0 Å². The standard InChI is InChI=1S/C15H23NO/c1-17-15-10-6-13(7-11-15)5-3-2-4-12-16-14-8-9-14/h6-7,10-11,14,16H,2-5,8-9,12H2,1H3. The monoisotopic (exact) mass is 233 g/mol. The molecule has 17 heavy (non-hydrogen) atoms. The Kier molecular flexibility index (Phi) is 4.87. The van der Waals surface area contributed by atoms with Crippen molar-refractivity contribution in [3.05, 3.63) is 29.8 Å². The minimum atomic E-state index is 0.858. The summed E-state index contributed by atoms with van der Waals surface area (Å²) in [7, 11) is 1.71. The first-order valence-corrected chi connectivity index (χ1v) is 6.75. The fraction of sp³-hybridized carbons (Fsp3) is 0.600. The summed E-state index contributed by atoms with van der Waals surface area (Å²) >= 11 is 0. The molecule has 1 aromatic rings. The van der Waals surface area contributed by atoms with Gasteiger partial charge in [0, 0.05) is 6.04 Å². The van der Waals surface area contributed by atoms with Gasteiger partial charge in [0.2, 0.25) is 0 Å². The Hall–Kier alpha value is -1.02. The molecule has 1 N–H and O–H groups in total. The topological polar surface area (TPSA) is 21.3 Å². The lowest BCUT2D eigenvalue weighted by Gasteiger charge is -2.04. The summed E-state index contributed by atoms with van der Waals surface area (Å²) in [6.45, 7) is 1.20. The predicted octanol–water partition coefficient (Wildman–Crippen LogP) is 3.16. The molecular weight excluding hydrogens is 210 g/mol. The van der Waals surface area contributed by atoms with Crippen molar-refractivity contribution >= 4 is 0 Å². The second kappa shape index (κ2) is 6.65. The van der Waals surface area contributed by atoms with Crippen molar-refractivity contribution < 1.29 is 4.74 Å². The number of aryl methyl sites for hydroxylation is 1. The van der Waals surface area contributed by atoms with Crippen LogP contribution in [-0.4, -0.2) is 19.7 Å². The highest BCUT2D eigenvalue weighted by Gasteiger charge is 2.19.